The monoisotopic (exact) mass is 346 g/mol. The van der Waals surface area contributed by atoms with Gasteiger partial charge in [0.2, 0.25) is 0 Å². The number of ketones is 2. The SMILES string of the molecule is CC(=O)[C@H]1CC[C@H]2[C@@H]3CCC4=CC(=O)C[C@H]4[C@](C)(O)[C@H]3[C@H](O)C[C@]12C. The molecular formula is C21H30O4. The summed E-state index contributed by atoms with van der Waals surface area (Å²) in [6.45, 7) is 5.69. The minimum atomic E-state index is -1.06. The molecule has 0 bridgehead atoms. The van der Waals surface area contributed by atoms with Gasteiger partial charge < -0.3 is 10.2 Å². The average molecular weight is 346 g/mol. The number of rotatable bonds is 1. The third-order valence-electron chi connectivity index (χ3n) is 8.29. The summed E-state index contributed by atoms with van der Waals surface area (Å²) in [7, 11) is 0. The van der Waals surface area contributed by atoms with Crippen LogP contribution in [-0.2, 0) is 9.59 Å². The van der Waals surface area contributed by atoms with Crippen LogP contribution in [0, 0.1) is 35.0 Å². The maximum Gasteiger partial charge on any atom is 0.156 e. The van der Waals surface area contributed by atoms with Gasteiger partial charge in [-0.2, -0.15) is 0 Å². The van der Waals surface area contributed by atoms with Gasteiger partial charge in [0.15, 0.2) is 5.78 Å². The number of allylic oxidation sites excluding steroid dienone is 1. The van der Waals surface area contributed by atoms with Crippen molar-refractivity contribution in [3.8, 4) is 0 Å². The molecule has 0 unspecified atom stereocenters. The smallest absolute Gasteiger partial charge is 0.156 e. The number of aliphatic hydroxyl groups is 2. The van der Waals surface area contributed by atoms with E-state index in [2.05, 4.69) is 6.92 Å². The highest BCUT2D eigenvalue weighted by molar-refractivity contribution is 5.93. The Kier molecular flexibility index (Phi) is 3.83. The second-order valence-electron chi connectivity index (χ2n) is 9.52. The van der Waals surface area contributed by atoms with Gasteiger partial charge in [-0.1, -0.05) is 12.5 Å². The van der Waals surface area contributed by atoms with E-state index in [1.54, 1.807) is 13.0 Å². The highest BCUT2D eigenvalue weighted by Gasteiger charge is 2.63. The van der Waals surface area contributed by atoms with Crippen LogP contribution in [-0.4, -0.2) is 33.5 Å². The van der Waals surface area contributed by atoms with Crippen LogP contribution in [0.3, 0.4) is 0 Å². The molecule has 0 spiro atoms. The van der Waals surface area contributed by atoms with Crippen LogP contribution in [0.1, 0.15) is 59.3 Å². The number of Topliss-reactive ketones (excluding diaryl/α,β-unsaturated/α-hetero) is 1. The highest BCUT2D eigenvalue weighted by Crippen LogP contribution is 2.63. The van der Waals surface area contributed by atoms with Crippen LogP contribution in [0.4, 0.5) is 0 Å². The molecule has 0 saturated heterocycles. The summed E-state index contributed by atoms with van der Waals surface area (Å²) >= 11 is 0. The number of fused-ring (bicyclic) bond motifs is 4. The molecule has 4 aliphatic rings. The topological polar surface area (TPSA) is 74.6 Å². The molecule has 4 heteroatoms. The number of hydrogen-bond acceptors (Lipinski definition) is 4. The van der Waals surface area contributed by atoms with Gasteiger partial charge in [-0.15, -0.1) is 0 Å². The fourth-order valence-electron chi connectivity index (χ4n) is 7.34. The van der Waals surface area contributed by atoms with Crippen molar-refractivity contribution in [2.75, 3.05) is 0 Å². The fraction of sp³-hybridized carbons (Fsp3) is 0.810. The zero-order valence-electron chi connectivity index (χ0n) is 15.5. The Balaban J connectivity index is 1.74. The number of carbonyl (C=O) groups is 2. The predicted molar refractivity (Wildman–Crippen MR) is 93.7 cm³/mol. The molecule has 0 aromatic carbocycles. The molecule has 0 aromatic heterocycles. The number of hydrogen-bond donors (Lipinski definition) is 2. The molecule has 0 aromatic rings. The van der Waals surface area contributed by atoms with Crippen LogP contribution in [0.25, 0.3) is 0 Å². The molecule has 25 heavy (non-hydrogen) atoms. The van der Waals surface area contributed by atoms with Crippen molar-refractivity contribution in [1.29, 1.82) is 0 Å². The van der Waals surface area contributed by atoms with Gasteiger partial charge in [0, 0.05) is 24.2 Å². The highest BCUT2D eigenvalue weighted by atomic mass is 16.3. The molecule has 0 radical (unpaired) electrons. The average Bonchev–Trinajstić information content (AvgIpc) is 3.01. The lowest BCUT2D eigenvalue weighted by Crippen LogP contribution is -2.57. The Labute approximate surface area is 149 Å². The number of carbonyl (C=O) groups excluding carboxylic acids is 2. The lowest BCUT2D eigenvalue weighted by Gasteiger charge is -2.54. The molecule has 4 nitrogen and oxygen atoms in total. The minimum Gasteiger partial charge on any atom is -0.393 e. The van der Waals surface area contributed by atoms with E-state index >= 15 is 0 Å². The first-order chi connectivity index (χ1) is 11.7. The summed E-state index contributed by atoms with van der Waals surface area (Å²) in [5.41, 5.74) is -0.153. The van der Waals surface area contributed by atoms with Crippen LogP contribution < -0.4 is 0 Å². The van der Waals surface area contributed by atoms with Crippen molar-refractivity contribution < 1.29 is 19.8 Å². The summed E-state index contributed by atoms with van der Waals surface area (Å²) in [5, 5.41) is 22.6. The molecule has 3 fully saturated rings. The third kappa shape index (κ3) is 2.33. The van der Waals surface area contributed by atoms with Crippen molar-refractivity contribution in [2.24, 2.45) is 35.0 Å². The quantitative estimate of drug-likeness (QED) is 0.765. The molecule has 8 atom stereocenters. The van der Waals surface area contributed by atoms with E-state index in [1.807, 2.05) is 6.92 Å². The van der Waals surface area contributed by atoms with E-state index in [-0.39, 0.29) is 40.7 Å². The summed E-state index contributed by atoms with van der Waals surface area (Å²) < 4.78 is 0. The maximum atomic E-state index is 12.2. The van der Waals surface area contributed by atoms with Gasteiger partial charge in [-0.05, 0) is 69.3 Å². The largest absolute Gasteiger partial charge is 0.393 e. The molecule has 0 aliphatic heterocycles. The van der Waals surface area contributed by atoms with Crippen molar-refractivity contribution in [1.82, 2.24) is 0 Å². The van der Waals surface area contributed by atoms with Crippen molar-refractivity contribution in [3.05, 3.63) is 11.6 Å². The second kappa shape index (κ2) is 5.50. The molecule has 0 amide bonds. The lowest BCUT2D eigenvalue weighted by atomic mass is 9.52. The zero-order valence-corrected chi connectivity index (χ0v) is 15.5. The van der Waals surface area contributed by atoms with Gasteiger partial charge in [0.25, 0.3) is 0 Å². The van der Waals surface area contributed by atoms with Crippen molar-refractivity contribution >= 4 is 11.6 Å². The normalized spacial score (nSPS) is 52.0. The maximum absolute atomic E-state index is 12.2. The minimum absolute atomic E-state index is 0.0293. The van der Waals surface area contributed by atoms with E-state index in [1.165, 1.54) is 0 Å². The van der Waals surface area contributed by atoms with Crippen LogP contribution >= 0.6 is 0 Å². The van der Waals surface area contributed by atoms with E-state index in [9.17, 15) is 19.8 Å². The van der Waals surface area contributed by atoms with E-state index in [0.29, 0.717) is 18.8 Å². The number of aliphatic hydroxyl groups excluding tert-OH is 1. The van der Waals surface area contributed by atoms with Gasteiger partial charge in [0.05, 0.1) is 11.7 Å². The summed E-state index contributed by atoms with van der Waals surface area (Å²) in [4.78, 5) is 24.1. The molecule has 138 valence electrons. The predicted octanol–water partition coefficient (Wildman–Crippen LogP) is 2.67. The zero-order chi connectivity index (χ0) is 18.1. The Bertz CT molecular complexity index is 648. The first-order valence-corrected chi connectivity index (χ1v) is 9.80. The molecular weight excluding hydrogens is 316 g/mol. The van der Waals surface area contributed by atoms with Crippen molar-refractivity contribution in [2.45, 2.75) is 71.0 Å². The van der Waals surface area contributed by atoms with Crippen LogP contribution in [0.5, 0.6) is 0 Å². The van der Waals surface area contributed by atoms with Gasteiger partial charge in [0.1, 0.15) is 5.78 Å². The molecule has 2 N–H and O–H groups in total. The van der Waals surface area contributed by atoms with E-state index < -0.39 is 11.7 Å². The first-order valence-electron chi connectivity index (χ1n) is 9.80. The van der Waals surface area contributed by atoms with E-state index in [4.69, 9.17) is 0 Å². The van der Waals surface area contributed by atoms with E-state index in [0.717, 1.165) is 31.3 Å². The first kappa shape index (κ1) is 17.4. The fourth-order valence-corrected chi connectivity index (χ4v) is 7.34. The Morgan fingerprint density at radius 2 is 1.96 bits per heavy atom. The molecule has 3 saturated carbocycles. The second-order valence-corrected chi connectivity index (χ2v) is 9.52. The van der Waals surface area contributed by atoms with Crippen molar-refractivity contribution in [3.63, 3.8) is 0 Å². The Morgan fingerprint density at radius 3 is 2.64 bits per heavy atom. The Hall–Kier alpha value is -1.00. The van der Waals surface area contributed by atoms with Gasteiger partial charge in [-0.3, -0.25) is 9.59 Å². The van der Waals surface area contributed by atoms with Gasteiger partial charge >= 0.3 is 0 Å². The molecule has 0 heterocycles. The molecule has 4 aliphatic carbocycles. The Morgan fingerprint density at radius 1 is 1.24 bits per heavy atom. The molecule has 4 rings (SSSR count). The third-order valence-corrected chi connectivity index (χ3v) is 8.29. The summed E-state index contributed by atoms with van der Waals surface area (Å²) in [6.07, 6.45) is 5.71. The van der Waals surface area contributed by atoms with Crippen LogP contribution in [0.2, 0.25) is 0 Å². The summed E-state index contributed by atoms with van der Waals surface area (Å²) in [6, 6.07) is 0. The lowest BCUT2D eigenvalue weighted by molar-refractivity contribution is -0.167. The standard InChI is InChI=1S/C21H30O4/c1-11(22)15-6-7-16-14-5-4-12-8-13(23)9-17(12)21(3,25)19(14)18(24)10-20(15,16)2/h8,14-19,24-25H,4-7,9-10H2,1-3H3/t14-,15+,16-,17+,18+,19+,20+,21-/m0/s1. The summed E-state index contributed by atoms with van der Waals surface area (Å²) in [5.74, 6) is 0.595. The van der Waals surface area contributed by atoms with Crippen LogP contribution in [0.15, 0.2) is 11.6 Å². The van der Waals surface area contributed by atoms with Gasteiger partial charge in [-0.25, -0.2) is 0 Å².